The molecule has 5 heteroatoms. The van der Waals surface area contributed by atoms with Crippen LogP contribution in [0.4, 0.5) is 0 Å². The first-order valence-corrected chi connectivity index (χ1v) is 22.5. The van der Waals surface area contributed by atoms with E-state index in [-0.39, 0.29) is 30.3 Å². The van der Waals surface area contributed by atoms with Gasteiger partial charge in [-0.25, -0.2) is 0 Å². The zero-order chi connectivity index (χ0) is 36.8. The molecule has 5 nitrogen and oxygen atoms in total. The molecule has 0 unspecified atom stereocenters. The van der Waals surface area contributed by atoms with E-state index in [0.717, 1.165) is 89.9 Å². The van der Waals surface area contributed by atoms with E-state index in [1.165, 1.54) is 128 Å². The molecule has 0 aliphatic rings. The maximum absolute atomic E-state index is 12.5. The topological polar surface area (TPSA) is 72.8 Å². The maximum Gasteiger partial charge on any atom is 0.306 e. The van der Waals surface area contributed by atoms with Crippen LogP contribution in [0.15, 0.2) is 0 Å². The Hall–Kier alpha value is -1.10. The number of aliphatic hydroxyl groups excluding tert-OH is 1. The number of esters is 2. The fraction of sp³-hybridized carbons (Fsp3) is 0.956. The maximum atomic E-state index is 12.5. The molecule has 1 N–H and O–H groups in total. The van der Waals surface area contributed by atoms with E-state index in [1.54, 1.807) is 0 Å². The highest BCUT2D eigenvalue weighted by Crippen LogP contribution is 2.20. The highest BCUT2D eigenvalue weighted by molar-refractivity contribution is 5.69. The lowest BCUT2D eigenvalue weighted by Gasteiger charge is -2.18. The van der Waals surface area contributed by atoms with Gasteiger partial charge in [0.2, 0.25) is 0 Å². The lowest BCUT2D eigenvalue weighted by atomic mass is 10.0. The summed E-state index contributed by atoms with van der Waals surface area (Å²) in [6.07, 6.45) is 40.1. The van der Waals surface area contributed by atoms with E-state index in [0.29, 0.717) is 12.8 Å². The van der Waals surface area contributed by atoms with Crippen LogP contribution in [0, 0.1) is 0 Å². The lowest BCUT2D eigenvalue weighted by Crippen LogP contribution is -2.18. The van der Waals surface area contributed by atoms with Crippen LogP contribution < -0.4 is 0 Å². The highest BCUT2D eigenvalue weighted by Gasteiger charge is 2.15. The second kappa shape index (κ2) is 39.1. The standard InChI is InChI=1S/C45H88O5/c1-5-9-13-27-35-42(36-28-14-10-6-2)49-44(47)39-31-23-19-17-21-25-33-41(46)34-26-22-18-20-24-32-40-45(48)50-43(37-29-15-11-7-3)38-30-16-12-8-4/h41-43,46H,5-40H2,1-4H3. The zero-order valence-electron chi connectivity index (χ0n) is 34.3. The van der Waals surface area contributed by atoms with Crippen LogP contribution in [-0.4, -0.2) is 35.4 Å². The third kappa shape index (κ3) is 35.3. The molecule has 0 aliphatic heterocycles. The largest absolute Gasteiger partial charge is 0.462 e. The Morgan fingerprint density at radius 3 is 0.900 bits per heavy atom. The van der Waals surface area contributed by atoms with Crippen molar-refractivity contribution in [2.24, 2.45) is 0 Å². The van der Waals surface area contributed by atoms with Gasteiger partial charge >= 0.3 is 11.9 Å². The molecule has 0 aliphatic carbocycles. The molecule has 50 heavy (non-hydrogen) atoms. The van der Waals surface area contributed by atoms with Crippen molar-refractivity contribution in [3.05, 3.63) is 0 Å². The van der Waals surface area contributed by atoms with Crippen molar-refractivity contribution in [1.29, 1.82) is 0 Å². The second-order valence-corrected chi connectivity index (χ2v) is 15.6. The van der Waals surface area contributed by atoms with Crippen molar-refractivity contribution in [3.8, 4) is 0 Å². The minimum Gasteiger partial charge on any atom is -0.462 e. The number of ether oxygens (including phenoxy) is 2. The minimum atomic E-state index is -0.173. The van der Waals surface area contributed by atoms with E-state index in [1.807, 2.05) is 0 Å². The molecule has 0 aromatic heterocycles. The van der Waals surface area contributed by atoms with E-state index in [2.05, 4.69) is 27.7 Å². The van der Waals surface area contributed by atoms with Crippen molar-refractivity contribution in [2.75, 3.05) is 0 Å². The van der Waals surface area contributed by atoms with Crippen LogP contribution >= 0.6 is 0 Å². The summed E-state index contributed by atoms with van der Waals surface area (Å²) in [6.45, 7) is 8.95. The van der Waals surface area contributed by atoms with Gasteiger partial charge in [0.05, 0.1) is 6.10 Å². The molecule has 0 atom stereocenters. The van der Waals surface area contributed by atoms with Gasteiger partial charge in [-0.15, -0.1) is 0 Å². The van der Waals surface area contributed by atoms with Crippen LogP contribution in [0.25, 0.3) is 0 Å². The number of hydrogen-bond acceptors (Lipinski definition) is 5. The molecule has 298 valence electrons. The molecule has 0 spiro atoms. The Balaban J connectivity index is 3.80. The van der Waals surface area contributed by atoms with Crippen molar-refractivity contribution < 1.29 is 24.2 Å². The normalized spacial score (nSPS) is 11.7. The number of carbonyl (C=O) groups excluding carboxylic acids is 2. The van der Waals surface area contributed by atoms with Gasteiger partial charge in [-0.2, -0.15) is 0 Å². The first kappa shape index (κ1) is 48.9. The van der Waals surface area contributed by atoms with Crippen molar-refractivity contribution in [3.63, 3.8) is 0 Å². The average Bonchev–Trinajstić information content (AvgIpc) is 3.10. The molecule has 0 amide bonds. The Kier molecular flexibility index (Phi) is 38.3. The molecule has 0 rings (SSSR count). The van der Waals surface area contributed by atoms with Gasteiger partial charge in [-0.05, 0) is 77.0 Å². The number of rotatable bonds is 40. The minimum absolute atomic E-state index is 0.00843. The SMILES string of the molecule is CCCCCCC(CCCCCC)OC(=O)CCCCCCCCC(O)CCCCCCCCC(=O)OC(CCCCCC)CCCCCC. The van der Waals surface area contributed by atoms with Crippen LogP contribution in [-0.2, 0) is 19.1 Å². The van der Waals surface area contributed by atoms with E-state index in [4.69, 9.17) is 9.47 Å². The predicted molar refractivity (Wildman–Crippen MR) is 215 cm³/mol. The summed E-state index contributed by atoms with van der Waals surface area (Å²) in [5, 5.41) is 10.4. The summed E-state index contributed by atoms with van der Waals surface area (Å²) in [5.41, 5.74) is 0. The van der Waals surface area contributed by atoms with Gasteiger partial charge in [0.25, 0.3) is 0 Å². The molecule has 0 saturated heterocycles. The highest BCUT2D eigenvalue weighted by atomic mass is 16.5. The molecular formula is C45H88O5. The van der Waals surface area contributed by atoms with Gasteiger partial charge in [-0.3, -0.25) is 9.59 Å². The monoisotopic (exact) mass is 709 g/mol. The van der Waals surface area contributed by atoms with Gasteiger partial charge in [-0.1, -0.05) is 169 Å². The van der Waals surface area contributed by atoms with Crippen LogP contribution in [0.3, 0.4) is 0 Å². The Morgan fingerprint density at radius 2 is 0.600 bits per heavy atom. The first-order chi connectivity index (χ1) is 24.5. The molecule has 0 fully saturated rings. The second-order valence-electron chi connectivity index (χ2n) is 15.6. The number of carbonyl (C=O) groups is 2. The van der Waals surface area contributed by atoms with E-state index >= 15 is 0 Å². The Bertz CT molecular complexity index is 628. The third-order valence-corrected chi connectivity index (χ3v) is 10.5. The van der Waals surface area contributed by atoms with Crippen molar-refractivity contribution >= 4 is 11.9 Å². The first-order valence-electron chi connectivity index (χ1n) is 22.5. The molecule has 0 saturated carbocycles. The quantitative estimate of drug-likeness (QED) is 0.0507. The van der Waals surface area contributed by atoms with Crippen LogP contribution in [0.2, 0.25) is 0 Å². The smallest absolute Gasteiger partial charge is 0.306 e. The summed E-state index contributed by atoms with van der Waals surface area (Å²) in [4.78, 5) is 25.0. The average molecular weight is 709 g/mol. The van der Waals surface area contributed by atoms with Crippen LogP contribution in [0.5, 0.6) is 0 Å². The van der Waals surface area contributed by atoms with E-state index < -0.39 is 0 Å². The molecule has 0 radical (unpaired) electrons. The molecule has 0 bridgehead atoms. The summed E-state index contributed by atoms with van der Waals surface area (Å²) in [7, 11) is 0. The summed E-state index contributed by atoms with van der Waals surface area (Å²) in [6, 6.07) is 0. The van der Waals surface area contributed by atoms with Gasteiger partial charge in [0, 0.05) is 12.8 Å². The molecule has 0 aromatic rings. The molecular weight excluding hydrogens is 620 g/mol. The van der Waals surface area contributed by atoms with Gasteiger partial charge in [0.15, 0.2) is 0 Å². The van der Waals surface area contributed by atoms with Gasteiger partial charge in [0.1, 0.15) is 12.2 Å². The van der Waals surface area contributed by atoms with Crippen molar-refractivity contribution in [2.45, 2.75) is 277 Å². The van der Waals surface area contributed by atoms with Crippen LogP contribution in [0.1, 0.15) is 259 Å². The van der Waals surface area contributed by atoms with E-state index in [9.17, 15) is 14.7 Å². The summed E-state index contributed by atoms with van der Waals surface area (Å²) in [5.74, 6) is 0.0169. The summed E-state index contributed by atoms with van der Waals surface area (Å²) >= 11 is 0. The van der Waals surface area contributed by atoms with Crippen molar-refractivity contribution in [1.82, 2.24) is 0 Å². The number of unbranched alkanes of at least 4 members (excludes halogenated alkanes) is 22. The third-order valence-electron chi connectivity index (χ3n) is 10.5. The lowest BCUT2D eigenvalue weighted by molar-refractivity contribution is -0.151. The molecule has 0 aromatic carbocycles. The Labute approximate surface area is 312 Å². The fourth-order valence-electron chi connectivity index (χ4n) is 7.07. The number of hydrogen-bond donors (Lipinski definition) is 1. The fourth-order valence-corrected chi connectivity index (χ4v) is 7.07. The van der Waals surface area contributed by atoms with Gasteiger partial charge < -0.3 is 14.6 Å². The number of aliphatic hydroxyl groups is 1. The Morgan fingerprint density at radius 1 is 0.360 bits per heavy atom. The summed E-state index contributed by atoms with van der Waals surface area (Å²) < 4.78 is 11.8. The molecule has 0 heterocycles. The predicted octanol–water partition coefficient (Wildman–Crippen LogP) is 14.3. The zero-order valence-corrected chi connectivity index (χ0v) is 34.3.